The summed E-state index contributed by atoms with van der Waals surface area (Å²) in [5, 5.41) is 19.4. The zero-order valence-electron chi connectivity index (χ0n) is 13.0. The van der Waals surface area contributed by atoms with Gasteiger partial charge >= 0.3 is 11.9 Å². The predicted octanol–water partition coefficient (Wildman–Crippen LogP) is 2.71. The summed E-state index contributed by atoms with van der Waals surface area (Å²) in [5.74, 6) is -4.91. The Morgan fingerprint density at radius 1 is 0.958 bits per heavy atom. The number of rotatable bonds is 3. The van der Waals surface area contributed by atoms with Crippen LogP contribution in [-0.2, 0) is 19.9 Å². The molecule has 2 aromatic carbocycles. The van der Waals surface area contributed by atoms with Crippen molar-refractivity contribution in [1.82, 2.24) is 0 Å². The highest BCUT2D eigenvalue weighted by Crippen LogP contribution is 2.67. The number of aliphatic carboxylic acids is 2. The number of benzene rings is 2. The van der Waals surface area contributed by atoms with Gasteiger partial charge in [-0.2, -0.15) is 0 Å². The summed E-state index contributed by atoms with van der Waals surface area (Å²) in [6, 6.07) is 15.1. The van der Waals surface area contributed by atoms with E-state index >= 15 is 0 Å². The third-order valence-corrected chi connectivity index (χ3v) is 5.47. The van der Waals surface area contributed by atoms with Crippen molar-refractivity contribution < 1.29 is 24.5 Å². The van der Waals surface area contributed by atoms with Crippen LogP contribution in [0.4, 0.5) is 0 Å². The number of carboxylic acid groups (broad SMARTS) is 2. The molecule has 24 heavy (non-hydrogen) atoms. The van der Waals surface area contributed by atoms with Crippen molar-refractivity contribution in [3.8, 4) is 11.1 Å². The molecule has 0 saturated heterocycles. The van der Waals surface area contributed by atoms with Crippen LogP contribution >= 0.6 is 0 Å². The fourth-order valence-electron chi connectivity index (χ4n) is 4.62. The maximum Gasteiger partial charge on any atom is 0.310 e. The first-order chi connectivity index (χ1) is 11.5. The third-order valence-electron chi connectivity index (χ3n) is 5.47. The zero-order valence-corrected chi connectivity index (χ0v) is 13.0. The van der Waals surface area contributed by atoms with Gasteiger partial charge in [-0.1, -0.05) is 48.5 Å². The van der Waals surface area contributed by atoms with Crippen molar-refractivity contribution in [2.45, 2.75) is 11.5 Å². The van der Waals surface area contributed by atoms with Crippen LogP contribution < -0.4 is 0 Å². The Bertz CT molecular complexity index is 858. The third kappa shape index (κ3) is 1.57. The van der Waals surface area contributed by atoms with E-state index in [-0.39, 0.29) is 0 Å². The van der Waals surface area contributed by atoms with Crippen LogP contribution in [0.25, 0.3) is 11.1 Å². The SMILES string of the molecule is CO[C@]12c3ccccc3-c3ccccc3[C@@H]1[C@H](C(=O)O)[C@@H]2C(=O)O. The van der Waals surface area contributed by atoms with Gasteiger partial charge < -0.3 is 14.9 Å². The first kappa shape index (κ1) is 14.9. The number of ether oxygens (including phenoxy) is 1. The highest BCUT2D eigenvalue weighted by atomic mass is 16.5. The topological polar surface area (TPSA) is 83.8 Å². The zero-order chi connectivity index (χ0) is 17.1. The summed E-state index contributed by atoms with van der Waals surface area (Å²) in [6.45, 7) is 0. The van der Waals surface area contributed by atoms with E-state index in [9.17, 15) is 19.8 Å². The Morgan fingerprint density at radius 3 is 2.21 bits per heavy atom. The Labute approximate surface area is 138 Å². The predicted molar refractivity (Wildman–Crippen MR) is 85.6 cm³/mol. The molecule has 2 N–H and O–H groups in total. The molecule has 0 aliphatic heterocycles. The molecule has 0 aromatic heterocycles. The Morgan fingerprint density at radius 2 is 1.58 bits per heavy atom. The van der Waals surface area contributed by atoms with Crippen molar-refractivity contribution in [2.24, 2.45) is 11.8 Å². The minimum atomic E-state index is -1.15. The van der Waals surface area contributed by atoms with Crippen LogP contribution in [0.5, 0.6) is 0 Å². The highest BCUT2D eigenvalue weighted by molar-refractivity contribution is 5.90. The van der Waals surface area contributed by atoms with E-state index in [0.29, 0.717) is 0 Å². The molecule has 0 amide bonds. The average molecular weight is 324 g/mol. The second kappa shape index (κ2) is 4.92. The van der Waals surface area contributed by atoms with Crippen LogP contribution in [0.2, 0.25) is 0 Å². The second-order valence-corrected chi connectivity index (χ2v) is 6.29. The maximum absolute atomic E-state index is 11.9. The lowest BCUT2D eigenvalue weighted by atomic mass is 9.46. The molecule has 1 fully saturated rings. The number of carbonyl (C=O) groups is 2. The molecule has 0 spiro atoms. The minimum Gasteiger partial charge on any atom is -0.481 e. The summed E-state index contributed by atoms with van der Waals surface area (Å²) < 4.78 is 5.77. The molecule has 1 saturated carbocycles. The van der Waals surface area contributed by atoms with Gasteiger partial charge in [0.2, 0.25) is 0 Å². The van der Waals surface area contributed by atoms with Gasteiger partial charge in [0, 0.05) is 13.0 Å². The van der Waals surface area contributed by atoms with E-state index in [1.165, 1.54) is 7.11 Å². The standard InChI is InChI=1S/C19H16O5/c1-24-19-13-9-5-4-7-11(13)10-6-2-3-8-12(10)15(19)14(17(20)21)16(19)18(22)23/h2-9,14-16H,1H3,(H,20,21)(H,22,23)/t14-,15+,16+,19+/m0/s1. The quantitative estimate of drug-likeness (QED) is 0.907. The van der Waals surface area contributed by atoms with Gasteiger partial charge in [0.25, 0.3) is 0 Å². The molecule has 5 heteroatoms. The van der Waals surface area contributed by atoms with E-state index in [1.54, 1.807) is 0 Å². The molecular formula is C19H16O5. The molecule has 4 rings (SSSR count). The van der Waals surface area contributed by atoms with E-state index in [4.69, 9.17) is 4.74 Å². The largest absolute Gasteiger partial charge is 0.481 e. The minimum absolute atomic E-state index is 0.521. The molecule has 0 unspecified atom stereocenters. The Balaban J connectivity index is 2.06. The molecule has 0 heterocycles. The fourth-order valence-corrected chi connectivity index (χ4v) is 4.62. The van der Waals surface area contributed by atoms with Crippen LogP contribution in [0.3, 0.4) is 0 Å². The second-order valence-electron chi connectivity index (χ2n) is 6.29. The smallest absolute Gasteiger partial charge is 0.310 e. The molecule has 2 aliphatic carbocycles. The van der Waals surface area contributed by atoms with Crippen molar-refractivity contribution in [2.75, 3.05) is 7.11 Å². The van der Waals surface area contributed by atoms with Gasteiger partial charge in [-0.25, -0.2) is 0 Å². The maximum atomic E-state index is 11.9. The van der Waals surface area contributed by atoms with Gasteiger partial charge in [-0.3, -0.25) is 9.59 Å². The Kier molecular flexibility index (Phi) is 3.05. The first-order valence-electron chi connectivity index (χ1n) is 7.73. The van der Waals surface area contributed by atoms with Gasteiger partial charge in [0.1, 0.15) is 11.5 Å². The molecule has 2 aliphatic rings. The summed E-state index contributed by atoms with van der Waals surface area (Å²) in [6.07, 6.45) is 0. The Hall–Kier alpha value is -2.66. The monoisotopic (exact) mass is 324 g/mol. The number of carboxylic acids is 2. The molecule has 4 atom stereocenters. The molecular weight excluding hydrogens is 308 g/mol. The summed E-state index contributed by atoms with van der Waals surface area (Å²) >= 11 is 0. The van der Waals surface area contributed by atoms with E-state index in [0.717, 1.165) is 22.3 Å². The van der Waals surface area contributed by atoms with Crippen LogP contribution in [0.1, 0.15) is 17.0 Å². The van der Waals surface area contributed by atoms with Gasteiger partial charge in [0.05, 0.1) is 5.92 Å². The normalized spacial score (nSPS) is 29.6. The van der Waals surface area contributed by atoms with E-state index in [2.05, 4.69) is 0 Å². The van der Waals surface area contributed by atoms with Crippen LogP contribution in [-0.4, -0.2) is 29.3 Å². The first-order valence-corrected chi connectivity index (χ1v) is 7.73. The highest BCUT2D eigenvalue weighted by Gasteiger charge is 2.71. The number of hydrogen-bond acceptors (Lipinski definition) is 3. The molecule has 0 radical (unpaired) electrons. The van der Waals surface area contributed by atoms with Crippen molar-refractivity contribution in [1.29, 1.82) is 0 Å². The lowest BCUT2D eigenvalue weighted by molar-refractivity contribution is -0.217. The summed E-state index contributed by atoms with van der Waals surface area (Å²) in [5.41, 5.74) is 2.28. The molecule has 122 valence electrons. The lowest BCUT2D eigenvalue weighted by Crippen LogP contribution is -2.65. The summed E-state index contributed by atoms with van der Waals surface area (Å²) in [7, 11) is 1.46. The van der Waals surface area contributed by atoms with Gasteiger partial charge in [-0.15, -0.1) is 0 Å². The lowest BCUT2D eigenvalue weighted by Gasteiger charge is -2.59. The van der Waals surface area contributed by atoms with Crippen LogP contribution in [0, 0.1) is 11.8 Å². The summed E-state index contributed by atoms with van der Waals surface area (Å²) in [4.78, 5) is 23.7. The van der Waals surface area contributed by atoms with Crippen molar-refractivity contribution >= 4 is 11.9 Å². The van der Waals surface area contributed by atoms with Crippen molar-refractivity contribution in [3.05, 3.63) is 59.7 Å². The van der Waals surface area contributed by atoms with Gasteiger partial charge in [-0.05, 0) is 22.3 Å². The number of hydrogen-bond donors (Lipinski definition) is 2. The number of methoxy groups -OCH3 is 1. The van der Waals surface area contributed by atoms with Crippen LogP contribution in [0.15, 0.2) is 48.5 Å². The molecule has 5 nitrogen and oxygen atoms in total. The van der Waals surface area contributed by atoms with Crippen molar-refractivity contribution in [3.63, 3.8) is 0 Å². The van der Waals surface area contributed by atoms with E-state index < -0.39 is 35.3 Å². The molecule has 0 bridgehead atoms. The van der Waals surface area contributed by atoms with E-state index in [1.807, 2.05) is 48.5 Å². The number of fused-ring (bicyclic) bond motifs is 6. The molecule has 2 aromatic rings. The van der Waals surface area contributed by atoms with Gasteiger partial charge in [0.15, 0.2) is 0 Å². The fraction of sp³-hybridized carbons (Fsp3) is 0.263. The average Bonchev–Trinajstić information content (AvgIpc) is 2.54.